The molecule has 0 rings (SSSR count). The van der Waals surface area contributed by atoms with Gasteiger partial charge in [-0.05, 0) is 5.41 Å². The fourth-order valence-corrected chi connectivity index (χ4v) is 0.541. The number of nitrogens with one attached hydrogen (secondary N) is 1. The van der Waals surface area contributed by atoms with E-state index in [0.717, 1.165) is 0 Å². The van der Waals surface area contributed by atoms with Crippen molar-refractivity contribution in [3.05, 3.63) is 0 Å². The third-order valence-electron chi connectivity index (χ3n) is 1.42. The van der Waals surface area contributed by atoms with E-state index in [9.17, 15) is 9.59 Å². The summed E-state index contributed by atoms with van der Waals surface area (Å²) in [5.41, 5.74) is 5.20. The fourth-order valence-electron chi connectivity index (χ4n) is 0.541. The van der Waals surface area contributed by atoms with Gasteiger partial charge in [0.15, 0.2) is 0 Å². The van der Waals surface area contributed by atoms with E-state index in [1.807, 2.05) is 26.1 Å². The minimum absolute atomic E-state index is 0.312. The van der Waals surface area contributed by atoms with Gasteiger partial charge in [-0.25, -0.2) is 0 Å². The zero-order valence-electron chi connectivity index (χ0n) is 7.05. The van der Waals surface area contributed by atoms with Crippen molar-refractivity contribution in [2.45, 2.75) is 26.8 Å². The van der Waals surface area contributed by atoms with Crippen LogP contribution in [0.25, 0.3) is 0 Å². The number of nitrogens with two attached hydrogens (primary N) is 1. The lowest BCUT2D eigenvalue weighted by molar-refractivity contribution is -0.127. The number of carbonyl (C=O) groups excluding carboxylic acids is 2. The van der Waals surface area contributed by atoms with Crippen molar-refractivity contribution in [3.63, 3.8) is 0 Å². The Bertz CT molecular complexity index is 160. The van der Waals surface area contributed by atoms with Crippen molar-refractivity contribution in [2.75, 3.05) is 0 Å². The Hall–Kier alpha value is -0.900. The molecule has 0 aliphatic rings. The standard InChI is InChI=1S/C7H14N2O2/c1-7(2,3)5(8)6(11)9-4-10/h4-5H,8H2,1-3H3,(H,9,10,11)/t5-/m1/s1. The molecule has 0 aromatic rings. The first-order valence-corrected chi connectivity index (χ1v) is 3.39. The third-order valence-corrected chi connectivity index (χ3v) is 1.42. The van der Waals surface area contributed by atoms with Crippen LogP contribution in [0.5, 0.6) is 0 Å². The smallest absolute Gasteiger partial charge is 0.243 e. The van der Waals surface area contributed by atoms with Crippen LogP contribution in [-0.2, 0) is 9.59 Å². The molecule has 0 saturated carbocycles. The second-order valence-electron chi connectivity index (χ2n) is 3.47. The maximum absolute atomic E-state index is 10.9. The molecule has 4 nitrogen and oxygen atoms in total. The van der Waals surface area contributed by atoms with E-state index < -0.39 is 11.9 Å². The molecule has 2 amide bonds. The van der Waals surface area contributed by atoms with Gasteiger partial charge < -0.3 is 5.73 Å². The van der Waals surface area contributed by atoms with Crippen LogP contribution in [0, 0.1) is 5.41 Å². The molecule has 0 spiro atoms. The van der Waals surface area contributed by atoms with Gasteiger partial charge in [0.2, 0.25) is 12.3 Å². The Labute approximate surface area is 66.1 Å². The molecule has 0 aromatic heterocycles. The molecule has 3 N–H and O–H groups in total. The number of amides is 2. The lowest BCUT2D eigenvalue weighted by atomic mass is 9.87. The van der Waals surface area contributed by atoms with Gasteiger partial charge in [-0.1, -0.05) is 20.8 Å². The molecule has 0 aliphatic heterocycles. The molecule has 0 fully saturated rings. The zero-order valence-corrected chi connectivity index (χ0v) is 7.05. The van der Waals surface area contributed by atoms with Crippen molar-refractivity contribution in [2.24, 2.45) is 11.1 Å². The van der Waals surface area contributed by atoms with Crippen LogP contribution in [0.2, 0.25) is 0 Å². The largest absolute Gasteiger partial charge is 0.319 e. The topological polar surface area (TPSA) is 72.2 Å². The van der Waals surface area contributed by atoms with E-state index in [0.29, 0.717) is 6.41 Å². The van der Waals surface area contributed by atoms with E-state index in [1.54, 1.807) is 0 Å². The van der Waals surface area contributed by atoms with Gasteiger partial charge in [0.1, 0.15) is 0 Å². The number of imide groups is 1. The maximum Gasteiger partial charge on any atom is 0.243 e. The van der Waals surface area contributed by atoms with Crippen molar-refractivity contribution in [1.82, 2.24) is 5.32 Å². The Kier molecular flexibility index (Phi) is 3.19. The molecule has 0 heterocycles. The monoisotopic (exact) mass is 158 g/mol. The normalized spacial score (nSPS) is 13.8. The molecule has 0 aliphatic carbocycles. The molecule has 1 atom stereocenters. The van der Waals surface area contributed by atoms with Gasteiger partial charge in [-0.15, -0.1) is 0 Å². The summed E-state index contributed by atoms with van der Waals surface area (Å²) in [5, 5.41) is 2.01. The zero-order chi connectivity index (χ0) is 9.07. The molecule has 0 aromatic carbocycles. The number of carbonyl (C=O) groups is 2. The van der Waals surface area contributed by atoms with Gasteiger partial charge in [0, 0.05) is 0 Å². The van der Waals surface area contributed by atoms with E-state index >= 15 is 0 Å². The van der Waals surface area contributed by atoms with Gasteiger partial charge in [0.05, 0.1) is 6.04 Å². The highest BCUT2D eigenvalue weighted by Gasteiger charge is 2.26. The molecule has 4 heteroatoms. The highest BCUT2D eigenvalue weighted by atomic mass is 16.2. The summed E-state index contributed by atoms with van der Waals surface area (Å²) < 4.78 is 0. The maximum atomic E-state index is 10.9. The third kappa shape index (κ3) is 3.13. The Morgan fingerprint density at radius 3 is 2.27 bits per heavy atom. The van der Waals surface area contributed by atoms with Gasteiger partial charge in [0.25, 0.3) is 0 Å². The summed E-state index contributed by atoms with van der Waals surface area (Å²) in [5.74, 6) is -0.437. The van der Waals surface area contributed by atoms with Crippen molar-refractivity contribution >= 4 is 12.3 Å². The first-order chi connectivity index (χ1) is 4.89. The minimum atomic E-state index is -0.646. The van der Waals surface area contributed by atoms with Crippen LogP contribution in [0.3, 0.4) is 0 Å². The van der Waals surface area contributed by atoms with E-state index in [4.69, 9.17) is 5.73 Å². The van der Waals surface area contributed by atoms with Crippen LogP contribution in [0.4, 0.5) is 0 Å². The van der Waals surface area contributed by atoms with Crippen molar-refractivity contribution in [1.29, 1.82) is 0 Å². The second kappa shape index (κ2) is 3.48. The quantitative estimate of drug-likeness (QED) is 0.539. The molecule has 0 unspecified atom stereocenters. The Morgan fingerprint density at radius 2 is 2.00 bits per heavy atom. The SMILES string of the molecule is CC(C)(C)[C@H](N)C(=O)NC=O. The summed E-state index contributed by atoms with van der Waals surface area (Å²) >= 11 is 0. The summed E-state index contributed by atoms with van der Waals surface area (Å²) in [4.78, 5) is 20.8. The van der Waals surface area contributed by atoms with Gasteiger partial charge in [-0.3, -0.25) is 14.9 Å². The van der Waals surface area contributed by atoms with Crippen LogP contribution >= 0.6 is 0 Å². The van der Waals surface area contributed by atoms with Crippen LogP contribution in [0.1, 0.15) is 20.8 Å². The summed E-state index contributed by atoms with van der Waals surface area (Å²) in [6, 6.07) is -0.646. The summed E-state index contributed by atoms with van der Waals surface area (Å²) in [6.45, 7) is 5.51. The lowest BCUT2D eigenvalue weighted by Gasteiger charge is -2.24. The van der Waals surface area contributed by atoms with E-state index in [-0.39, 0.29) is 5.41 Å². The van der Waals surface area contributed by atoms with Crippen LogP contribution in [0.15, 0.2) is 0 Å². The first-order valence-electron chi connectivity index (χ1n) is 3.39. The predicted octanol–water partition coefficient (Wildman–Crippen LogP) is -0.368. The number of hydrogen-bond acceptors (Lipinski definition) is 3. The predicted molar refractivity (Wildman–Crippen MR) is 41.6 cm³/mol. The average Bonchev–Trinajstić information content (AvgIpc) is 1.85. The molecule has 0 saturated heterocycles. The molecular weight excluding hydrogens is 144 g/mol. The first kappa shape index (κ1) is 10.1. The van der Waals surface area contributed by atoms with Crippen LogP contribution in [-0.4, -0.2) is 18.4 Å². The minimum Gasteiger partial charge on any atom is -0.319 e. The highest BCUT2D eigenvalue weighted by molar-refractivity contribution is 5.90. The van der Waals surface area contributed by atoms with Crippen molar-refractivity contribution < 1.29 is 9.59 Å². The second-order valence-corrected chi connectivity index (χ2v) is 3.47. The summed E-state index contributed by atoms with van der Waals surface area (Å²) in [7, 11) is 0. The summed E-state index contributed by atoms with van der Waals surface area (Å²) in [6.07, 6.45) is 0.341. The Morgan fingerprint density at radius 1 is 1.55 bits per heavy atom. The molecular formula is C7H14N2O2. The highest BCUT2D eigenvalue weighted by Crippen LogP contribution is 2.16. The molecule has 11 heavy (non-hydrogen) atoms. The Balaban J connectivity index is 4.13. The molecule has 0 radical (unpaired) electrons. The van der Waals surface area contributed by atoms with Crippen molar-refractivity contribution in [3.8, 4) is 0 Å². The number of hydrogen-bond donors (Lipinski definition) is 2. The van der Waals surface area contributed by atoms with E-state index in [2.05, 4.69) is 0 Å². The average molecular weight is 158 g/mol. The number of rotatable bonds is 2. The van der Waals surface area contributed by atoms with Gasteiger partial charge in [-0.2, -0.15) is 0 Å². The van der Waals surface area contributed by atoms with Gasteiger partial charge >= 0.3 is 0 Å². The molecule has 0 bridgehead atoms. The molecule has 64 valence electrons. The van der Waals surface area contributed by atoms with E-state index in [1.165, 1.54) is 0 Å². The van der Waals surface area contributed by atoms with Crippen LogP contribution < -0.4 is 11.1 Å². The fraction of sp³-hybridized carbons (Fsp3) is 0.714. The lowest BCUT2D eigenvalue weighted by Crippen LogP contribution is -2.48.